The van der Waals surface area contributed by atoms with Gasteiger partial charge in [0.05, 0.1) is 0 Å². The largest absolute Gasteiger partial charge is 0.358 e. The van der Waals surface area contributed by atoms with Gasteiger partial charge in [-0.2, -0.15) is 0 Å². The minimum Gasteiger partial charge on any atom is -0.358 e. The van der Waals surface area contributed by atoms with Crippen LogP contribution in [0, 0.1) is 0 Å². The Balaban J connectivity index is 2.56. The highest BCUT2D eigenvalue weighted by Crippen LogP contribution is 2.29. The van der Waals surface area contributed by atoms with E-state index < -0.39 is 0 Å². The third kappa shape index (κ3) is 2.38. The first kappa shape index (κ1) is 12.2. The third-order valence-electron chi connectivity index (χ3n) is 3.30. The lowest BCUT2D eigenvalue weighted by Crippen LogP contribution is -2.11. The normalized spacial score (nSPS) is 13.3. The summed E-state index contributed by atoms with van der Waals surface area (Å²) in [6, 6.07) is 9.01. The molecule has 0 fully saturated rings. The van der Waals surface area contributed by atoms with Crippen molar-refractivity contribution < 1.29 is 0 Å². The standard InChI is InChI=1S/C16H23N/c1-15(2,3)12-8-7-11-9-14(16(4,5)6)17-13(11)10-12/h7-10,17H,1-6H3. The molecule has 2 aromatic rings. The number of rotatable bonds is 0. The van der Waals surface area contributed by atoms with E-state index in [1.54, 1.807) is 0 Å². The Morgan fingerprint density at radius 3 is 2.00 bits per heavy atom. The maximum absolute atomic E-state index is 3.55. The van der Waals surface area contributed by atoms with Crippen molar-refractivity contribution in [3.05, 3.63) is 35.5 Å². The molecule has 0 saturated heterocycles. The molecule has 0 spiro atoms. The van der Waals surface area contributed by atoms with Crippen LogP contribution < -0.4 is 0 Å². The number of hydrogen-bond acceptors (Lipinski definition) is 0. The fourth-order valence-corrected chi connectivity index (χ4v) is 2.00. The molecule has 0 bridgehead atoms. The Morgan fingerprint density at radius 1 is 0.824 bits per heavy atom. The third-order valence-corrected chi connectivity index (χ3v) is 3.30. The smallest absolute Gasteiger partial charge is 0.0459 e. The van der Waals surface area contributed by atoms with Crippen LogP contribution >= 0.6 is 0 Å². The molecule has 0 unspecified atom stereocenters. The van der Waals surface area contributed by atoms with E-state index in [2.05, 4.69) is 70.8 Å². The zero-order valence-electron chi connectivity index (χ0n) is 11.8. The van der Waals surface area contributed by atoms with E-state index in [9.17, 15) is 0 Å². The molecule has 0 aliphatic rings. The van der Waals surface area contributed by atoms with Gasteiger partial charge in [-0.15, -0.1) is 0 Å². The van der Waals surface area contributed by atoms with Crippen molar-refractivity contribution in [2.24, 2.45) is 0 Å². The summed E-state index contributed by atoms with van der Waals surface area (Å²) in [4.78, 5) is 3.55. The van der Waals surface area contributed by atoms with Gasteiger partial charge in [0.25, 0.3) is 0 Å². The van der Waals surface area contributed by atoms with E-state index in [0.29, 0.717) is 0 Å². The Morgan fingerprint density at radius 2 is 1.47 bits per heavy atom. The minimum atomic E-state index is 0.181. The average Bonchev–Trinajstić information content (AvgIpc) is 2.57. The monoisotopic (exact) mass is 229 g/mol. The van der Waals surface area contributed by atoms with Gasteiger partial charge in [0.1, 0.15) is 0 Å². The maximum atomic E-state index is 3.55. The SMILES string of the molecule is CC(C)(C)c1ccc2cc(C(C)(C)C)[nH]c2c1. The molecule has 0 amide bonds. The molecule has 0 aliphatic carbocycles. The average molecular weight is 229 g/mol. The summed E-state index contributed by atoms with van der Waals surface area (Å²) < 4.78 is 0. The summed E-state index contributed by atoms with van der Waals surface area (Å²) in [5.74, 6) is 0. The van der Waals surface area contributed by atoms with Gasteiger partial charge in [0.2, 0.25) is 0 Å². The van der Waals surface area contributed by atoms with Crippen LogP contribution in [0.25, 0.3) is 10.9 Å². The minimum absolute atomic E-state index is 0.181. The molecule has 1 aromatic heterocycles. The maximum Gasteiger partial charge on any atom is 0.0459 e. The molecular weight excluding hydrogens is 206 g/mol. The first-order chi connectivity index (χ1) is 7.68. The zero-order valence-corrected chi connectivity index (χ0v) is 11.8. The molecule has 0 atom stereocenters. The molecule has 17 heavy (non-hydrogen) atoms. The van der Waals surface area contributed by atoms with Crippen molar-refractivity contribution in [3.8, 4) is 0 Å². The Labute approximate surface area is 104 Å². The highest BCUT2D eigenvalue weighted by Gasteiger charge is 2.18. The Kier molecular flexibility index (Phi) is 2.61. The summed E-state index contributed by atoms with van der Waals surface area (Å²) >= 11 is 0. The quantitative estimate of drug-likeness (QED) is 0.670. The molecule has 1 nitrogen and oxygen atoms in total. The lowest BCUT2D eigenvalue weighted by Gasteiger charge is -2.18. The van der Waals surface area contributed by atoms with E-state index >= 15 is 0 Å². The van der Waals surface area contributed by atoms with Crippen LogP contribution in [-0.2, 0) is 10.8 Å². The van der Waals surface area contributed by atoms with Crippen LogP contribution in [0.4, 0.5) is 0 Å². The van der Waals surface area contributed by atoms with Gasteiger partial charge in [0, 0.05) is 16.6 Å². The number of fused-ring (bicyclic) bond motifs is 1. The van der Waals surface area contributed by atoms with Crippen molar-refractivity contribution in [1.82, 2.24) is 4.98 Å². The number of aromatic amines is 1. The van der Waals surface area contributed by atoms with Crippen LogP contribution in [0.5, 0.6) is 0 Å². The Bertz CT molecular complexity index is 521. The molecule has 1 heterocycles. The van der Waals surface area contributed by atoms with E-state index in [1.807, 2.05) is 0 Å². The van der Waals surface area contributed by atoms with Gasteiger partial charge < -0.3 is 4.98 Å². The van der Waals surface area contributed by atoms with Gasteiger partial charge in [-0.05, 0) is 28.5 Å². The van der Waals surface area contributed by atoms with Crippen molar-refractivity contribution in [2.75, 3.05) is 0 Å². The predicted octanol–water partition coefficient (Wildman–Crippen LogP) is 4.76. The zero-order chi connectivity index (χ0) is 12.8. The summed E-state index contributed by atoms with van der Waals surface area (Å²) in [5, 5.41) is 1.31. The number of benzene rings is 1. The van der Waals surface area contributed by atoms with Gasteiger partial charge in [0.15, 0.2) is 0 Å². The Hall–Kier alpha value is -1.24. The lowest BCUT2D eigenvalue weighted by molar-refractivity contribution is 0.574. The van der Waals surface area contributed by atoms with Gasteiger partial charge in [-0.1, -0.05) is 53.7 Å². The second-order valence-electron chi connectivity index (χ2n) is 6.99. The summed E-state index contributed by atoms with van der Waals surface area (Å²) in [6.07, 6.45) is 0. The summed E-state index contributed by atoms with van der Waals surface area (Å²) in [6.45, 7) is 13.5. The van der Waals surface area contributed by atoms with Crippen molar-refractivity contribution in [1.29, 1.82) is 0 Å². The highest BCUT2D eigenvalue weighted by atomic mass is 14.7. The molecule has 0 saturated carbocycles. The number of H-pyrrole nitrogens is 1. The lowest BCUT2D eigenvalue weighted by atomic mass is 9.87. The van der Waals surface area contributed by atoms with Gasteiger partial charge in [-0.3, -0.25) is 0 Å². The van der Waals surface area contributed by atoms with E-state index in [0.717, 1.165) is 0 Å². The topological polar surface area (TPSA) is 15.8 Å². The molecule has 1 aromatic carbocycles. The van der Waals surface area contributed by atoms with E-state index in [-0.39, 0.29) is 10.8 Å². The van der Waals surface area contributed by atoms with Crippen LogP contribution in [0.2, 0.25) is 0 Å². The van der Waals surface area contributed by atoms with Crippen LogP contribution in [0.1, 0.15) is 52.8 Å². The first-order valence-corrected chi connectivity index (χ1v) is 6.32. The van der Waals surface area contributed by atoms with Crippen LogP contribution in [0.15, 0.2) is 24.3 Å². The van der Waals surface area contributed by atoms with Gasteiger partial charge in [-0.25, -0.2) is 0 Å². The fourth-order valence-electron chi connectivity index (χ4n) is 2.00. The fraction of sp³-hybridized carbons (Fsp3) is 0.500. The second kappa shape index (κ2) is 3.63. The molecule has 2 rings (SSSR count). The number of aromatic nitrogens is 1. The van der Waals surface area contributed by atoms with Crippen molar-refractivity contribution in [2.45, 2.75) is 52.4 Å². The predicted molar refractivity (Wildman–Crippen MR) is 75.7 cm³/mol. The van der Waals surface area contributed by atoms with E-state index in [1.165, 1.54) is 22.2 Å². The van der Waals surface area contributed by atoms with Crippen molar-refractivity contribution >= 4 is 10.9 Å². The molecule has 1 N–H and O–H groups in total. The highest BCUT2D eigenvalue weighted by molar-refractivity contribution is 5.81. The van der Waals surface area contributed by atoms with Crippen molar-refractivity contribution in [3.63, 3.8) is 0 Å². The molecule has 0 aliphatic heterocycles. The van der Waals surface area contributed by atoms with Gasteiger partial charge >= 0.3 is 0 Å². The summed E-state index contributed by atoms with van der Waals surface area (Å²) in [5.41, 5.74) is 4.33. The number of nitrogens with one attached hydrogen (secondary N) is 1. The van der Waals surface area contributed by atoms with Crippen LogP contribution in [-0.4, -0.2) is 4.98 Å². The molecule has 92 valence electrons. The van der Waals surface area contributed by atoms with E-state index in [4.69, 9.17) is 0 Å². The van der Waals surface area contributed by atoms with Crippen LogP contribution in [0.3, 0.4) is 0 Å². The molecule has 1 heteroatoms. The second-order valence-corrected chi connectivity index (χ2v) is 6.99. The molecular formula is C16H23N. The molecule has 0 radical (unpaired) electrons. The summed E-state index contributed by atoms with van der Waals surface area (Å²) in [7, 11) is 0. The number of hydrogen-bond donors (Lipinski definition) is 1. The first-order valence-electron chi connectivity index (χ1n) is 6.32.